The maximum Gasteiger partial charge on any atom is 0.321 e. The quantitative estimate of drug-likeness (QED) is 0.724. The first-order valence-corrected chi connectivity index (χ1v) is 8.01. The van der Waals surface area contributed by atoms with Crippen molar-refractivity contribution in [2.45, 2.75) is 6.92 Å². The maximum atomic E-state index is 11.7. The average Bonchev–Trinajstić information content (AvgIpc) is 3.00. The summed E-state index contributed by atoms with van der Waals surface area (Å²) in [6.45, 7) is 2.93. The van der Waals surface area contributed by atoms with E-state index in [0.717, 1.165) is 25.4 Å². The van der Waals surface area contributed by atoms with E-state index < -0.39 is 0 Å². The molecule has 0 unspecified atom stereocenters. The molecule has 8 heteroatoms. The van der Waals surface area contributed by atoms with Crippen LogP contribution >= 0.6 is 22.7 Å². The van der Waals surface area contributed by atoms with Crippen LogP contribution < -0.4 is 10.6 Å². The van der Waals surface area contributed by atoms with Crippen molar-refractivity contribution in [3.05, 3.63) is 17.1 Å². The predicted molar refractivity (Wildman–Crippen MR) is 86.4 cm³/mol. The van der Waals surface area contributed by atoms with Crippen molar-refractivity contribution in [2.75, 3.05) is 25.6 Å². The minimum atomic E-state index is -0.275. The van der Waals surface area contributed by atoms with Gasteiger partial charge in [-0.3, -0.25) is 5.32 Å². The Hall–Kier alpha value is -1.77. The van der Waals surface area contributed by atoms with Crippen molar-refractivity contribution in [1.82, 2.24) is 15.3 Å². The van der Waals surface area contributed by atoms with Crippen molar-refractivity contribution in [3.63, 3.8) is 0 Å². The SMILES string of the molecule is COCCNC(=O)Nc1nc2ccc3nc(C)sc3c2s1. The fourth-order valence-electron chi connectivity index (χ4n) is 1.95. The molecule has 3 aromatic rings. The molecule has 0 aliphatic heterocycles. The summed E-state index contributed by atoms with van der Waals surface area (Å²) in [4.78, 5) is 20.6. The average molecular weight is 322 g/mol. The zero-order valence-electron chi connectivity index (χ0n) is 11.6. The molecule has 2 amide bonds. The van der Waals surface area contributed by atoms with E-state index in [1.807, 2.05) is 19.1 Å². The van der Waals surface area contributed by atoms with Gasteiger partial charge in [0.1, 0.15) is 0 Å². The Kier molecular flexibility index (Phi) is 4.00. The van der Waals surface area contributed by atoms with E-state index >= 15 is 0 Å². The molecule has 0 fully saturated rings. The molecule has 1 aromatic carbocycles. The molecule has 0 atom stereocenters. The van der Waals surface area contributed by atoms with Gasteiger partial charge in [0, 0.05) is 13.7 Å². The Morgan fingerprint density at radius 3 is 2.71 bits per heavy atom. The van der Waals surface area contributed by atoms with Crippen LogP contribution in [-0.2, 0) is 4.74 Å². The molecule has 0 saturated heterocycles. The standard InChI is InChI=1S/C13H14N4O2S2/c1-7-15-8-3-4-9-11(10(8)20-7)21-13(16-9)17-12(18)14-5-6-19-2/h3-4H,5-6H2,1-2H3,(H2,14,16,17,18). The van der Waals surface area contributed by atoms with E-state index in [1.165, 1.54) is 11.3 Å². The lowest BCUT2D eigenvalue weighted by atomic mass is 10.3. The zero-order chi connectivity index (χ0) is 14.8. The number of methoxy groups -OCH3 is 1. The van der Waals surface area contributed by atoms with Crippen LogP contribution in [0.15, 0.2) is 12.1 Å². The summed E-state index contributed by atoms with van der Waals surface area (Å²) in [7, 11) is 1.59. The molecule has 0 saturated carbocycles. The lowest BCUT2D eigenvalue weighted by Gasteiger charge is -2.03. The minimum absolute atomic E-state index is 0.275. The summed E-state index contributed by atoms with van der Waals surface area (Å²) >= 11 is 3.11. The number of fused-ring (bicyclic) bond motifs is 3. The number of urea groups is 1. The highest BCUT2D eigenvalue weighted by Gasteiger charge is 2.12. The number of benzene rings is 1. The van der Waals surface area contributed by atoms with E-state index in [1.54, 1.807) is 18.4 Å². The van der Waals surface area contributed by atoms with Crippen LogP contribution in [-0.4, -0.2) is 36.3 Å². The molecular weight excluding hydrogens is 308 g/mol. The Bertz CT molecular complexity index is 796. The number of carbonyl (C=O) groups is 1. The number of aromatic nitrogens is 2. The van der Waals surface area contributed by atoms with Crippen molar-refractivity contribution < 1.29 is 9.53 Å². The summed E-state index contributed by atoms with van der Waals surface area (Å²) < 4.78 is 7.06. The molecule has 21 heavy (non-hydrogen) atoms. The first-order valence-electron chi connectivity index (χ1n) is 6.38. The van der Waals surface area contributed by atoms with Gasteiger partial charge in [0.15, 0.2) is 5.13 Å². The lowest BCUT2D eigenvalue weighted by molar-refractivity contribution is 0.198. The molecule has 0 radical (unpaired) electrons. The van der Waals surface area contributed by atoms with Crippen LogP contribution in [0.1, 0.15) is 5.01 Å². The number of aryl methyl sites for hydroxylation is 1. The van der Waals surface area contributed by atoms with Crippen LogP contribution in [0.4, 0.5) is 9.93 Å². The molecule has 0 bridgehead atoms. The highest BCUT2D eigenvalue weighted by atomic mass is 32.1. The van der Waals surface area contributed by atoms with Gasteiger partial charge < -0.3 is 10.1 Å². The smallest absolute Gasteiger partial charge is 0.321 e. The largest absolute Gasteiger partial charge is 0.383 e. The van der Waals surface area contributed by atoms with E-state index in [9.17, 15) is 4.79 Å². The predicted octanol–water partition coefficient (Wildman–Crippen LogP) is 2.98. The van der Waals surface area contributed by atoms with Gasteiger partial charge >= 0.3 is 6.03 Å². The number of ether oxygens (including phenoxy) is 1. The van der Waals surface area contributed by atoms with Gasteiger partial charge in [-0.2, -0.15) is 0 Å². The van der Waals surface area contributed by atoms with Crippen molar-refractivity contribution >= 4 is 54.3 Å². The Balaban J connectivity index is 1.84. The number of nitrogens with one attached hydrogen (secondary N) is 2. The molecule has 3 rings (SSSR count). The number of thiazole rings is 2. The lowest BCUT2D eigenvalue weighted by Crippen LogP contribution is -2.31. The number of hydrogen-bond donors (Lipinski definition) is 2. The summed E-state index contributed by atoms with van der Waals surface area (Å²) in [6, 6.07) is 3.62. The molecule has 0 spiro atoms. The first kappa shape index (κ1) is 14.2. The van der Waals surface area contributed by atoms with Crippen molar-refractivity contribution in [1.29, 1.82) is 0 Å². The summed E-state index contributed by atoms with van der Waals surface area (Å²) in [5.41, 5.74) is 1.85. The normalized spacial score (nSPS) is 11.1. The van der Waals surface area contributed by atoms with Crippen LogP contribution in [0, 0.1) is 6.92 Å². The molecular formula is C13H14N4O2S2. The van der Waals surface area contributed by atoms with Gasteiger partial charge in [-0.25, -0.2) is 14.8 Å². The van der Waals surface area contributed by atoms with Gasteiger partial charge in [-0.05, 0) is 19.1 Å². The van der Waals surface area contributed by atoms with Crippen LogP contribution in [0.3, 0.4) is 0 Å². The Morgan fingerprint density at radius 1 is 1.24 bits per heavy atom. The monoisotopic (exact) mass is 322 g/mol. The third-order valence-corrected chi connectivity index (χ3v) is 4.97. The second-order valence-corrected chi connectivity index (χ2v) is 6.59. The zero-order valence-corrected chi connectivity index (χ0v) is 13.2. The molecule has 0 aliphatic rings. The Morgan fingerprint density at radius 2 is 1.95 bits per heavy atom. The molecule has 0 aliphatic carbocycles. The minimum Gasteiger partial charge on any atom is -0.383 e. The summed E-state index contributed by atoms with van der Waals surface area (Å²) in [6.07, 6.45) is 0. The maximum absolute atomic E-state index is 11.7. The molecule has 2 N–H and O–H groups in total. The number of carbonyl (C=O) groups excluding carboxylic acids is 1. The van der Waals surface area contributed by atoms with Crippen LogP contribution in [0.5, 0.6) is 0 Å². The van der Waals surface area contributed by atoms with E-state index in [4.69, 9.17) is 4.74 Å². The fraction of sp³-hybridized carbons (Fsp3) is 0.308. The van der Waals surface area contributed by atoms with Crippen molar-refractivity contribution in [2.24, 2.45) is 0 Å². The van der Waals surface area contributed by atoms with Gasteiger partial charge in [-0.15, -0.1) is 11.3 Å². The van der Waals surface area contributed by atoms with E-state index in [-0.39, 0.29) is 6.03 Å². The van der Waals surface area contributed by atoms with Gasteiger partial charge in [-0.1, -0.05) is 11.3 Å². The van der Waals surface area contributed by atoms with Crippen molar-refractivity contribution in [3.8, 4) is 0 Å². The summed E-state index contributed by atoms with van der Waals surface area (Å²) in [5.74, 6) is 0. The molecule has 2 aromatic heterocycles. The van der Waals surface area contributed by atoms with E-state index in [0.29, 0.717) is 18.3 Å². The van der Waals surface area contributed by atoms with E-state index in [2.05, 4.69) is 20.6 Å². The third-order valence-electron chi connectivity index (χ3n) is 2.83. The highest BCUT2D eigenvalue weighted by molar-refractivity contribution is 7.28. The third kappa shape index (κ3) is 2.97. The van der Waals surface area contributed by atoms with Gasteiger partial charge in [0.2, 0.25) is 0 Å². The number of rotatable bonds is 4. The Labute approximate surface area is 129 Å². The second kappa shape index (κ2) is 5.92. The highest BCUT2D eigenvalue weighted by Crippen LogP contribution is 2.35. The van der Waals surface area contributed by atoms with Crippen LogP contribution in [0.2, 0.25) is 0 Å². The topological polar surface area (TPSA) is 76.1 Å². The van der Waals surface area contributed by atoms with Crippen LogP contribution in [0.25, 0.3) is 20.4 Å². The number of nitrogens with zero attached hydrogens (tertiary/aromatic N) is 2. The summed E-state index contributed by atoms with van der Waals surface area (Å²) in [5, 5.41) is 7.05. The molecule has 6 nitrogen and oxygen atoms in total. The second-order valence-electron chi connectivity index (χ2n) is 4.39. The van der Waals surface area contributed by atoms with Gasteiger partial charge in [0.05, 0.1) is 32.0 Å². The molecule has 2 heterocycles. The molecule has 110 valence electrons. The number of hydrogen-bond acceptors (Lipinski definition) is 6. The van der Waals surface area contributed by atoms with Gasteiger partial charge in [0.25, 0.3) is 0 Å². The number of amides is 2. The fourth-order valence-corrected chi connectivity index (χ4v) is 3.95. The number of anilines is 1. The first-order chi connectivity index (χ1) is 10.2.